The van der Waals surface area contributed by atoms with E-state index in [9.17, 15) is 13.2 Å². The van der Waals surface area contributed by atoms with E-state index in [1.165, 1.54) is 6.07 Å². The molecule has 98 valence electrons. The van der Waals surface area contributed by atoms with Crippen LogP contribution < -0.4 is 0 Å². The SMILES string of the molecule is CC(C)CCc1nc2ccc(C(F)(F)F)cc2[nH]1. The van der Waals surface area contributed by atoms with Gasteiger partial charge in [0.15, 0.2) is 0 Å². The van der Waals surface area contributed by atoms with Gasteiger partial charge >= 0.3 is 6.18 Å². The number of halogens is 3. The summed E-state index contributed by atoms with van der Waals surface area (Å²) in [7, 11) is 0. The second kappa shape index (κ2) is 4.63. The maximum atomic E-state index is 12.5. The first-order chi connectivity index (χ1) is 8.36. The Kier molecular flexibility index (Phi) is 3.32. The Labute approximate surface area is 103 Å². The predicted molar refractivity (Wildman–Crippen MR) is 64.3 cm³/mol. The maximum Gasteiger partial charge on any atom is 0.416 e. The number of aryl methyl sites for hydroxylation is 1. The highest BCUT2D eigenvalue weighted by Crippen LogP contribution is 2.30. The summed E-state index contributed by atoms with van der Waals surface area (Å²) in [4.78, 5) is 7.24. The molecule has 1 aromatic heterocycles. The Balaban J connectivity index is 2.28. The molecule has 0 unspecified atom stereocenters. The third kappa shape index (κ3) is 2.83. The largest absolute Gasteiger partial charge is 0.416 e. The lowest BCUT2D eigenvalue weighted by molar-refractivity contribution is -0.137. The molecular weight excluding hydrogens is 241 g/mol. The van der Waals surface area contributed by atoms with Crippen LogP contribution in [0.4, 0.5) is 13.2 Å². The third-order valence-electron chi connectivity index (χ3n) is 2.82. The van der Waals surface area contributed by atoms with Crippen molar-refractivity contribution in [1.29, 1.82) is 0 Å². The molecule has 0 amide bonds. The van der Waals surface area contributed by atoms with Gasteiger partial charge in [0.25, 0.3) is 0 Å². The summed E-state index contributed by atoms with van der Waals surface area (Å²) in [5.74, 6) is 1.29. The monoisotopic (exact) mass is 256 g/mol. The average Bonchev–Trinajstić information content (AvgIpc) is 2.66. The van der Waals surface area contributed by atoms with Crippen LogP contribution in [0.25, 0.3) is 11.0 Å². The molecule has 2 nitrogen and oxygen atoms in total. The smallest absolute Gasteiger partial charge is 0.342 e. The number of imidazole rings is 1. The van der Waals surface area contributed by atoms with E-state index in [4.69, 9.17) is 0 Å². The molecule has 5 heteroatoms. The normalized spacial score (nSPS) is 12.6. The van der Waals surface area contributed by atoms with E-state index < -0.39 is 11.7 Å². The van der Waals surface area contributed by atoms with Gasteiger partial charge in [-0.3, -0.25) is 0 Å². The van der Waals surface area contributed by atoms with Gasteiger partial charge in [-0.1, -0.05) is 13.8 Å². The molecule has 1 N–H and O–H groups in total. The number of aromatic amines is 1. The van der Waals surface area contributed by atoms with Crippen molar-refractivity contribution in [1.82, 2.24) is 9.97 Å². The number of H-pyrrole nitrogens is 1. The summed E-state index contributed by atoms with van der Waals surface area (Å²) in [6.45, 7) is 4.20. The molecule has 0 spiro atoms. The van der Waals surface area contributed by atoms with Crippen LogP contribution in [0, 0.1) is 5.92 Å². The molecule has 1 heterocycles. The fourth-order valence-corrected chi connectivity index (χ4v) is 1.78. The van der Waals surface area contributed by atoms with Gasteiger partial charge in [-0.25, -0.2) is 4.98 Å². The van der Waals surface area contributed by atoms with Crippen LogP contribution in [0.3, 0.4) is 0 Å². The molecule has 0 aliphatic rings. The number of aromatic nitrogens is 2. The predicted octanol–water partition coefficient (Wildman–Crippen LogP) is 4.17. The zero-order valence-corrected chi connectivity index (χ0v) is 10.3. The summed E-state index contributed by atoms with van der Waals surface area (Å²) in [5.41, 5.74) is 0.388. The van der Waals surface area contributed by atoms with Crippen molar-refractivity contribution in [2.75, 3.05) is 0 Å². The van der Waals surface area contributed by atoms with E-state index >= 15 is 0 Å². The van der Waals surface area contributed by atoms with Crippen LogP contribution in [-0.4, -0.2) is 9.97 Å². The molecule has 1 aromatic carbocycles. The number of hydrogen-bond donors (Lipinski definition) is 1. The van der Waals surface area contributed by atoms with Gasteiger partial charge in [0.05, 0.1) is 16.6 Å². The van der Waals surface area contributed by atoms with Gasteiger partial charge in [0.1, 0.15) is 5.82 Å². The lowest BCUT2D eigenvalue weighted by Crippen LogP contribution is -2.04. The maximum absolute atomic E-state index is 12.5. The number of fused-ring (bicyclic) bond motifs is 1. The zero-order valence-electron chi connectivity index (χ0n) is 10.3. The lowest BCUT2D eigenvalue weighted by Gasteiger charge is -2.05. The van der Waals surface area contributed by atoms with E-state index in [0.29, 0.717) is 17.0 Å². The number of rotatable bonds is 3. The van der Waals surface area contributed by atoms with Crippen molar-refractivity contribution in [2.45, 2.75) is 32.9 Å². The van der Waals surface area contributed by atoms with Gasteiger partial charge in [-0.05, 0) is 30.5 Å². The molecule has 0 atom stereocenters. The Hall–Kier alpha value is -1.52. The lowest BCUT2D eigenvalue weighted by atomic mass is 10.1. The number of hydrogen-bond acceptors (Lipinski definition) is 1. The molecule has 0 saturated carbocycles. The molecule has 18 heavy (non-hydrogen) atoms. The Bertz CT molecular complexity index is 541. The fraction of sp³-hybridized carbons (Fsp3) is 0.462. The van der Waals surface area contributed by atoms with E-state index in [1.54, 1.807) is 0 Å². The van der Waals surface area contributed by atoms with E-state index in [1.807, 2.05) is 0 Å². The van der Waals surface area contributed by atoms with Gasteiger partial charge in [0, 0.05) is 6.42 Å². The molecular formula is C13H15F3N2. The highest BCUT2D eigenvalue weighted by Gasteiger charge is 2.30. The molecule has 0 bridgehead atoms. The van der Waals surface area contributed by atoms with Gasteiger partial charge in [0.2, 0.25) is 0 Å². The number of nitrogens with zero attached hydrogens (tertiary/aromatic N) is 1. The van der Waals surface area contributed by atoms with Crippen LogP contribution in [-0.2, 0) is 12.6 Å². The van der Waals surface area contributed by atoms with Gasteiger partial charge in [-0.2, -0.15) is 13.2 Å². The van der Waals surface area contributed by atoms with Crippen molar-refractivity contribution in [3.8, 4) is 0 Å². The standard InChI is InChI=1S/C13H15F3N2/c1-8(2)3-6-12-17-10-5-4-9(13(14,15)16)7-11(10)18-12/h4-5,7-8H,3,6H2,1-2H3,(H,17,18). The van der Waals surface area contributed by atoms with Crippen LogP contribution >= 0.6 is 0 Å². The minimum atomic E-state index is -4.31. The highest BCUT2D eigenvalue weighted by atomic mass is 19.4. The van der Waals surface area contributed by atoms with Crippen molar-refractivity contribution < 1.29 is 13.2 Å². The Morgan fingerprint density at radius 1 is 1.28 bits per heavy atom. The highest BCUT2D eigenvalue weighted by molar-refractivity contribution is 5.76. The first-order valence-corrected chi connectivity index (χ1v) is 5.92. The summed E-state index contributed by atoms with van der Waals surface area (Å²) in [6.07, 6.45) is -2.59. The number of alkyl halides is 3. The average molecular weight is 256 g/mol. The van der Waals surface area contributed by atoms with Crippen molar-refractivity contribution in [3.05, 3.63) is 29.6 Å². The molecule has 0 aliphatic carbocycles. The second-order valence-corrected chi connectivity index (χ2v) is 4.85. The first kappa shape index (κ1) is 12.9. The van der Waals surface area contributed by atoms with E-state index in [-0.39, 0.29) is 0 Å². The fourth-order valence-electron chi connectivity index (χ4n) is 1.78. The van der Waals surface area contributed by atoms with Crippen LogP contribution in [0.15, 0.2) is 18.2 Å². The molecule has 2 aromatic rings. The van der Waals surface area contributed by atoms with Crippen LogP contribution in [0.5, 0.6) is 0 Å². The van der Waals surface area contributed by atoms with E-state index in [0.717, 1.165) is 30.8 Å². The quantitative estimate of drug-likeness (QED) is 0.877. The summed E-state index contributed by atoms with van der Waals surface area (Å²) < 4.78 is 37.6. The number of benzene rings is 1. The Morgan fingerprint density at radius 2 is 2.00 bits per heavy atom. The zero-order chi connectivity index (χ0) is 13.3. The van der Waals surface area contributed by atoms with E-state index in [2.05, 4.69) is 23.8 Å². The minimum Gasteiger partial charge on any atom is -0.342 e. The molecule has 0 saturated heterocycles. The summed E-state index contributed by atoms with van der Waals surface area (Å²) >= 11 is 0. The Morgan fingerprint density at radius 3 is 2.61 bits per heavy atom. The topological polar surface area (TPSA) is 28.7 Å². The van der Waals surface area contributed by atoms with Crippen molar-refractivity contribution >= 4 is 11.0 Å². The molecule has 0 fully saturated rings. The van der Waals surface area contributed by atoms with Crippen LogP contribution in [0.2, 0.25) is 0 Å². The molecule has 0 aliphatic heterocycles. The first-order valence-electron chi connectivity index (χ1n) is 5.92. The van der Waals surface area contributed by atoms with Crippen molar-refractivity contribution in [2.24, 2.45) is 5.92 Å². The summed E-state index contributed by atoms with van der Waals surface area (Å²) in [6, 6.07) is 3.59. The van der Waals surface area contributed by atoms with Gasteiger partial charge in [-0.15, -0.1) is 0 Å². The molecule has 2 rings (SSSR count). The van der Waals surface area contributed by atoms with Crippen molar-refractivity contribution in [3.63, 3.8) is 0 Å². The molecule has 0 radical (unpaired) electrons. The second-order valence-electron chi connectivity index (χ2n) is 4.85. The van der Waals surface area contributed by atoms with Crippen LogP contribution in [0.1, 0.15) is 31.7 Å². The minimum absolute atomic E-state index is 0.448. The summed E-state index contributed by atoms with van der Waals surface area (Å²) in [5, 5.41) is 0. The number of nitrogens with one attached hydrogen (secondary N) is 1. The third-order valence-corrected chi connectivity index (χ3v) is 2.82. The van der Waals surface area contributed by atoms with Gasteiger partial charge < -0.3 is 4.98 Å².